The minimum absolute atomic E-state index is 0.00561. The highest BCUT2D eigenvalue weighted by atomic mass is 19.1. The Hall–Kier alpha value is -3.34. The Balaban J connectivity index is 1.87. The molecule has 0 aliphatic heterocycles. The van der Waals surface area contributed by atoms with Crippen molar-refractivity contribution in [3.05, 3.63) is 107 Å². The number of ketones is 2. The highest BCUT2D eigenvalue weighted by Gasteiger charge is 2.25. The molecule has 0 N–H and O–H groups in total. The fraction of sp³-hybridized carbons (Fsp3) is 0.136. The smallest absolute Gasteiger partial charge is 0.259 e. The molecule has 3 aromatic rings. The molecule has 3 rings (SSSR count). The molecule has 0 saturated heterocycles. The third kappa shape index (κ3) is 4.64. The molecule has 5 heteroatoms. The van der Waals surface area contributed by atoms with Gasteiger partial charge in [0, 0.05) is 30.5 Å². The summed E-state index contributed by atoms with van der Waals surface area (Å²) in [6.45, 7) is 0. The maximum atomic E-state index is 13.7. The molecule has 0 spiro atoms. The predicted octanol–water partition coefficient (Wildman–Crippen LogP) is 4.09. The zero-order chi connectivity index (χ0) is 19.2. The Morgan fingerprint density at radius 1 is 0.889 bits per heavy atom. The second kappa shape index (κ2) is 8.36. The van der Waals surface area contributed by atoms with E-state index in [-0.39, 0.29) is 30.1 Å². The van der Waals surface area contributed by atoms with Crippen LogP contribution in [0.4, 0.5) is 4.39 Å². The quantitative estimate of drug-likeness (QED) is 0.361. The van der Waals surface area contributed by atoms with E-state index in [4.69, 9.17) is 0 Å². The van der Waals surface area contributed by atoms with E-state index in [0.717, 1.165) is 0 Å². The molecule has 0 fully saturated rings. The molecule has 0 aliphatic carbocycles. The minimum Gasteiger partial charge on any atom is -0.618 e. The molecule has 0 unspecified atom stereocenters. The van der Waals surface area contributed by atoms with Gasteiger partial charge in [0.05, 0.1) is 0 Å². The lowest BCUT2D eigenvalue weighted by Gasteiger charge is -2.16. The molecule has 136 valence electrons. The Bertz CT molecular complexity index is 957. The number of rotatable bonds is 7. The Labute approximate surface area is 156 Å². The maximum Gasteiger partial charge on any atom is 0.259 e. The first kappa shape index (κ1) is 18.5. The molecule has 0 amide bonds. The standard InChI is InChI=1S/C22H18FNO3/c23-19-10-6-9-17(13-19)18(14-21(25)16-7-2-1-3-8-16)15-22(26)20-11-4-5-12-24(20)27/h1-13,18H,14-15H2/t18-/m1/s1. The summed E-state index contributed by atoms with van der Waals surface area (Å²) < 4.78 is 14.2. The van der Waals surface area contributed by atoms with Gasteiger partial charge in [0.1, 0.15) is 5.82 Å². The number of carbonyl (C=O) groups is 2. The van der Waals surface area contributed by atoms with Crippen LogP contribution in [0.15, 0.2) is 79.0 Å². The van der Waals surface area contributed by atoms with Gasteiger partial charge in [-0.15, -0.1) is 0 Å². The van der Waals surface area contributed by atoms with Gasteiger partial charge in [-0.1, -0.05) is 42.5 Å². The number of hydrogen-bond donors (Lipinski definition) is 0. The van der Waals surface area contributed by atoms with E-state index < -0.39 is 11.7 Å². The molecule has 2 aromatic carbocycles. The summed E-state index contributed by atoms with van der Waals surface area (Å²) in [5, 5.41) is 11.8. The average Bonchev–Trinajstić information content (AvgIpc) is 2.68. The third-order valence-corrected chi connectivity index (χ3v) is 4.39. The Morgan fingerprint density at radius 2 is 1.59 bits per heavy atom. The van der Waals surface area contributed by atoms with Crippen molar-refractivity contribution in [2.45, 2.75) is 18.8 Å². The summed E-state index contributed by atoms with van der Waals surface area (Å²) in [7, 11) is 0. The van der Waals surface area contributed by atoms with Crippen LogP contribution >= 0.6 is 0 Å². The first-order valence-electron chi connectivity index (χ1n) is 8.59. The fourth-order valence-corrected chi connectivity index (χ4v) is 3.01. The summed E-state index contributed by atoms with van der Waals surface area (Å²) in [6, 6.07) is 19.2. The molecular weight excluding hydrogens is 345 g/mol. The number of pyridine rings is 1. The van der Waals surface area contributed by atoms with E-state index in [2.05, 4.69) is 0 Å². The van der Waals surface area contributed by atoms with Crippen LogP contribution in [-0.2, 0) is 0 Å². The average molecular weight is 363 g/mol. The van der Waals surface area contributed by atoms with Crippen molar-refractivity contribution >= 4 is 11.6 Å². The number of benzene rings is 2. The number of halogens is 1. The Morgan fingerprint density at radius 3 is 2.30 bits per heavy atom. The third-order valence-electron chi connectivity index (χ3n) is 4.39. The van der Waals surface area contributed by atoms with Gasteiger partial charge < -0.3 is 5.21 Å². The number of Topliss-reactive ketones (excluding diaryl/α,β-unsaturated/α-hetero) is 2. The van der Waals surface area contributed by atoms with Crippen molar-refractivity contribution < 1.29 is 18.7 Å². The summed E-state index contributed by atoms with van der Waals surface area (Å²) in [5.41, 5.74) is 1.09. The summed E-state index contributed by atoms with van der Waals surface area (Å²) in [5.74, 6) is -1.49. The molecule has 1 atom stereocenters. The normalized spacial score (nSPS) is 11.7. The molecule has 1 aromatic heterocycles. The van der Waals surface area contributed by atoms with Gasteiger partial charge in [-0.25, -0.2) is 4.39 Å². The SMILES string of the molecule is O=C(C[C@H](CC(=O)c1cccc[n+]1[O-])c1cccc(F)c1)c1ccccc1. The molecule has 0 radical (unpaired) electrons. The van der Waals surface area contributed by atoms with Gasteiger partial charge in [0.25, 0.3) is 5.69 Å². The van der Waals surface area contributed by atoms with Gasteiger partial charge >= 0.3 is 0 Å². The highest BCUT2D eigenvalue weighted by Crippen LogP contribution is 2.27. The van der Waals surface area contributed by atoms with E-state index in [1.54, 1.807) is 42.5 Å². The second-order valence-electron chi connectivity index (χ2n) is 6.28. The van der Waals surface area contributed by atoms with Crippen LogP contribution < -0.4 is 4.73 Å². The summed E-state index contributed by atoms with van der Waals surface area (Å²) in [4.78, 5) is 25.3. The van der Waals surface area contributed by atoms with Crippen molar-refractivity contribution in [1.29, 1.82) is 0 Å². The monoisotopic (exact) mass is 363 g/mol. The summed E-state index contributed by atoms with van der Waals surface area (Å²) >= 11 is 0. The molecule has 1 heterocycles. The predicted molar refractivity (Wildman–Crippen MR) is 98.9 cm³/mol. The minimum atomic E-state index is -0.527. The zero-order valence-electron chi connectivity index (χ0n) is 14.5. The second-order valence-corrected chi connectivity index (χ2v) is 6.28. The van der Waals surface area contributed by atoms with E-state index in [1.165, 1.54) is 30.5 Å². The lowest BCUT2D eigenvalue weighted by molar-refractivity contribution is -0.607. The van der Waals surface area contributed by atoms with Crippen molar-refractivity contribution in [2.75, 3.05) is 0 Å². The van der Waals surface area contributed by atoms with Crippen molar-refractivity contribution in [1.82, 2.24) is 0 Å². The van der Waals surface area contributed by atoms with Crippen molar-refractivity contribution in [2.24, 2.45) is 0 Å². The topological polar surface area (TPSA) is 61.1 Å². The zero-order valence-corrected chi connectivity index (χ0v) is 14.5. The molecule has 0 bridgehead atoms. The van der Waals surface area contributed by atoms with Crippen LogP contribution in [0.3, 0.4) is 0 Å². The van der Waals surface area contributed by atoms with Crippen molar-refractivity contribution in [3.63, 3.8) is 0 Å². The van der Waals surface area contributed by atoms with E-state index in [0.29, 0.717) is 15.9 Å². The van der Waals surface area contributed by atoms with Crippen LogP contribution in [0.1, 0.15) is 45.2 Å². The van der Waals surface area contributed by atoms with Crippen LogP contribution in [0, 0.1) is 11.0 Å². The largest absolute Gasteiger partial charge is 0.618 e. The highest BCUT2D eigenvalue weighted by molar-refractivity contribution is 5.98. The Kier molecular flexibility index (Phi) is 5.71. The van der Waals surface area contributed by atoms with Gasteiger partial charge in [0.2, 0.25) is 5.78 Å². The molecule has 0 aliphatic rings. The van der Waals surface area contributed by atoms with Crippen molar-refractivity contribution in [3.8, 4) is 0 Å². The van der Waals surface area contributed by atoms with Crippen LogP contribution in [0.25, 0.3) is 0 Å². The lowest BCUT2D eigenvalue weighted by Crippen LogP contribution is -2.34. The van der Waals surface area contributed by atoms with E-state index in [9.17, 15) is 19.2 Å². The van der Waals surface area contributed by atoms with Gasteiger partial charge in [-0.05, 0) is 29.7 Å². The number of hydrogen-bond acceptors (Lipinski definition) is 3. The number of nitrogens with zero attached hydrogens (tertiary/aromatic N) is 1. The molecule has 4 nitrogen and oxygen atoms in total. The van der Waals surface area contributed by atoms with Gasteiger partial charge in [-0.2, -0.15) is 4.73 Å². The molecular formula is C22H18FNO3. The van der Waals surface area contributed by atoms with Gasteiger partial charge in [-0.3, -0.25) is 9.59 Å². The van der Waals surface area contributed by atoms with Crippen LogP contribution in [-0.4, -0.2) is 11.6 Å². The van der Waals surface area contributed by atoms with Crippen LogP contribution in [0.5, 0.6) is 0 Å². The molecule has 27 heavy (non-hydrogen) atoms. The van der Waals surface area contributed by atoms with E-state index >= 15 is 0 Å². The molecule has 0 saturated carbocycles. The first-order valence-corrected chi connectivity index (χ1v) is 8.59. The number of carbonyl (C=O) groups excluding carboxylic acids is 2. The maximum absolute atomic E-state index is 13.7. The first-order chi connectivity index (χ1) is 13.0. The van der Waals surface area contributed by atoms with Gasteiger partial charge in [0.15, 0.2) is 12.0 Å². The van der Waals surface area contributed by atoms with E-state index in [1.807, 2.05) is 6.07 Å². The fourth-order valence-electron chi connectivity index (χ4n) is 3.01. The summed E-state index contributed by atoms with van der Waals surface area (Å²) in [6.07, 6.45) is 1.23. The number of aromatic nitrogens is 1. The lowest BCUT2D eigenvalue weighted by atomic mass is 9.87. The van der Waals surface area contributed by atoms with Crippen LogP contribution in [0.2, 0.25) is 0 Å².